The first-order chi connectivity index (χ1) is 16.5. The summed E-state index contributed by atoms with van der Waals surface area (Å²) in [7, 11) is 0. The fraction of sp³-hybridized carbons (Fsp3) is 0.174. The van der Waals surface area contributed by atoms with E-state index < -0.39 is 11.4 Å². The van der Waals surface area contributed by atoms with Gasteiger partial charge in [0.2, 0.25) is 5.62 Å². The number of nitrogens with one attached hydrogen (secondary N) is 1. The molecule has 0 saturated carbocycles. The summed E-state index contributed by atoms with van der Waals surface area (Å²) in [6.45, 7) is 0.105. The summed E-state index contributed by atoms with van der Waals surface area (Å²) in [6.07, 6.45) is 3.42. The second kappa shape index (κ2) is 10.7. The lowest BCUT2D eigenvalue weighted by Crippen LogP contribution is -2.50. The van der Waals surface area contributed by atoms with E-state index in [1.807, 2.05) is 0 Å². The van der Waals surface area contributed by atoms with Crippen LogP contribution in [0.15, 0.2) is 81.6 Å². The minimum absolute atomic E-state index is 0.0825. The number of halogens is 1. The molecule has 0 aliphatic carbocycles. The molecule has 0 bridgehead atoms. The van der Waals surface area contributed by atoms with E-state index in [9.17, 15) is 9.59 Å². The SMILES string of the molecule is O=c1[nH]/c(=N\c2ccc(Oc3ncccn3)cc2)n(Cc2ccc(Cl)cc2)c(=O)n1CCCO. The van der Waals surface area contributed by atoms with E-state index in [0.717, 1.165) is 10.1 Å². The zero-order valence-corrected chi connectivity index (χ0v) is 18.7. The maximum atomic E-state index is 13.1. The molecule has 0 saturated heterocycles. The second-order valence-electron chi connectivity index (χ2n) is 7.22. The van der Waals surface area contributed by atoms with Crippen LogP contribution in [0.1, 0.15) is 12.0 Å². The first-order valence-electron chi connectivity index (χ1n) is 10.4. The van der Waals surface area contributed by atoms with Crippen LogP contribution >= 0.6 is 11.6 Å². The molecule has 0 atom stereocenters. The first kappa shape index (κ1) is 23.1. The maximum absolute atomic E-state index is 13.1. The van der Waals surface area contributed by atoms with Crippen LogP contribution in [0, 0.1) is 0 Å². The molecule has 2 aromatic carbocycles. The van der Waals surface area contributed by atoms with Crippen molar-refractivity contribution in [3.05, 3.63) is 104 Å². The highest BCUT2D eigenvalue weighted by molar-refractivity contribution is 6.30. The molecule has 4 rings (SSSR count). The molecular formula is C23H21ClN6O4. The van der Waals surface area contributed by atoms with Crippen molar-refractivity contribution >= 4 is 17.3 Å². The normalized spacial score (nSPS) is 11.5. The number of hydrogen-bond donors (Lipinski definition) is 2. The molecule has 10 nitrogen and oxygen atoms in total. The van der Waals surface area contributed by atoms with Crippen molar-refractivity contribution in [2.45, 2.75) is 19.5 Å². The molecule has 0 spiro atoms. The Morgan fingerprint density at radius 1 is 1.00 bits per heavy atom. The average molecular weight is 481 g/mol. The van der Waals surface area contributed by atoms with Crippen molar-refractivity contribution in [1.82, 2.24) is 24.1 Å². The van der Waals surface area contributed by atoms with Crippen LogP contribution in [-0.4, -0.2) is 35.8 Å². The lowest BCUT2D eigenvalue weighted by Gasteiger charge is -2.11. The smallest absolute Gasteiger partial charge is 0.335 e. The standard InChI is InChI=1S/C23H21ClN6O4/c24-17-5-3-16(4-6-17)15-30-20(28-22(32)29(23(30)33)13-2-14-31)27-18-7-9-19(10-8-18)34-21-25-11-1-12-26-21/h1,3-12,31H,2,13-15H2,(H,27,28,32). The van der Waals surface area contributed by atoms with Crippen LogP contribution in [0.3, 0.4) is 0 Å². The lowest BCUT2D eigenvalue weighted by molar-refractivity contribution is 0.276. The number of rotatable bonds is 8. The van der Waals surface area contributed by atoms with Crippen molar-refractivity contribution in [2.24, 2.45) is 4.99 Å². The van der Waals surface area contributed by atoms with Crippen molar-refractivity contribution in [3.8, 4) is 11.8 Å². The van der Waals surface area contributed by atoms with E-state index >= 15 is 0 Å². The number of benzene rings is 2. The van der Waals surface area contributed by atoms with E-state index in [1.165, 1.54) is 4.57 Å². The van der Waals surface area contributed by atoms with Crippen molar-refractivity contribution < 1.29 is 9.84 Å². The van der Waals surface area contributed by atoms with Gasteiger partial charge in [0.25, 0.3) is 0 Å². The molecule has 0 aliphatic heterocycles. The van der Waals surface area contributed by atoms with E-state index in [0.29, 0.717) is 16.5 Å². The van der Waals surface area contributed by atoms with Gasteiger partial charge in [-0.3, -0.25) is 9.55 Å². The Morgan fingerprint density at radius 3 is 2.38 bits per heavy atom. The number of aliphatic hydroxyl groups excluding tert-OH is 1. The summed E-state index contributed by atoms with van der Waals surface area (Å²) in [4.78, 5) is 40.9. The third-order valence-corrected chi connectivity index (χ3v) is 5.05. The summed E-state index contributed by atoms with van der Waals surface area (Å²) >= 11 is 5.97. The molecule has 174 valence electrons. The van der Waals surface area contributed by atoms with E-state index in [4.69, 9.17) is 21.4 Å². The summed E-state index contributed by atoms with van der Waals surface area (Å²) in [5.74, 6) is 0.507. The monoisotopic (exact) mass is 480 g/mol. The van der Waals surface area contributed by atoms with Crippen molar-refractivity contribution in [1.29, 1.82) is 0 Å². The Labute approximate surface area is 198 Å². The van der Waals surface area contributed by atoms with Gasteiger partial charge in [0.15, 0.2) is 0 Å². The fourth-order valence-electron chi connectivity index (χ4n) is 3.14. The topological polar surface area (TPSA) is 127 Å². The average Bonchev–Trinajstić information content (AvgIpc) is 2.84. The minimum Gasteiger partial charge on any atom is -0.424 e. The Hall–Kier alpha value is -4.02. The fourth-order valence-corrected chi connectivity index (χ4v) is 3.26. The van der Waals surface area contributed by atoms with E-state index in [1.54, 1.807) is 67.0 Å². The number of aromatic nitrogens is 5. The van der Waals surface area contributed by atoms with E-state index in [-0.39, 0.29) is 37.7 Å². The van der Waals surface area contributed by atoms with Crippen LogP contribution in [-0.2, 0) is 13.1 Å². The number of hydrogen-bond acceptors (Lipinski definition) is 7. The van der Waals surface area contributed by atoms with E-state index in [2.05, 4.69) is 19.9 Å². The van der Waals surface area contributed by atoms with Gasteiger partial charge in [-0.05, 0) is 54.4 Å². The zero-order chi connectivity index (χ0) is 23.9. The van der Waals surface area contributed by atoms with Gasteiger partial charge in [-0.25, -0.2) is 29.1 Å². The predicted octanol–water partition coefficient (Wildman–Crippen LogP) is 2.24. The Bertz CT molecular complexity index is 1430. The van der Waals surface area contributed by atoms with Gasteiger partial charge in [-0.15, -0.1) is 0 Å². The van der Waals surface area contributed by atoms with Crippen LogP contribution in [0.25, 0.3) is 0 Å². The van der Waals surface area contributed by atoms with Gasteiger partial charge in [0.1, 0.15) is 5.75 Å². The maximum Gasteiger partial charge on any atom is 0.335 e. The molecule has 0 aliphatic rings. The summed E-state index contributed by atoms with van der Waals surface area (Å²) < 4.78 is 7.98. The Kier molecular flexibility index (Phi) is 7.31. The van der Waals surface area contributed by atoms with Crippen LogP contribution in [0.2, 0.25) is 5.02 Å². The third kappa shape index (κ3) is 5.66. The van der Waals surface area contributed by atoms with Gasteiger partial charge < -0.3 is 9.84 Å². The Balaban J connectivity index is 1.72. The van der Waals surface area contributed by atoms with Crippen LogP contribution < -0.4 is 21.7 Å². The first-order valence-corrected chi connectivity index (χ1v) is 10.8. The second-order valence-corrected chi connectivity index (χ2v) is 7.65. The highest BCUT2D eigenvalue weighted by Gasteiger charge is 2.10. The number of aromatic amines is 1. The summed E-state index contributed by atoms with van der Waals surface area (Å²) in [5.41, 5.74) is 0.243. The molecule has 34 heavy (non-hydrogen) atoms. The molecule has 11 heteroatoms. The summed E-state index contributed by atoms with van der Waals surface area (Å²) in [5, 5.41) is 9.69. The molecule has 0 fully saturated rings. The molecule has 0 amide bonds. The third-order valence-electron chi connectivity index (χ3n) is 4.80. The van der Waals surface area contributed by atoms with Crippen LogP contribution in [0.4, 0.5) is 5.69 Å². The molecular weight excluding hydrogens is 460 g/mol. The highest BCUT2D eigenvalue weighted by atomic mass is 35.5. The molecule has 2 heterocycles. The van der Waals surface area contributed by atoms with Crippen molar-refractivity contribution in [2.75, 3.05) is 6.61 Å². The molecule has 0 radical (unpaired) electrons. The molecule has 0 unspecified atom stereocenters. The van der Waals surface area contributed by atoms with Gasteiger partial charge in [-0.2, -0.15) is 0 Å². The number of H-pyrrole nitrogens is 1. The lowest BCUT2D eigenvalue weighted by atomic mass is 10.2. The molecule has 2 aromatic heterocycles. The highest BCUT2D eigenvalue weighted by Crippen LogP contribution is 2.21. The number of nitrogens with zero attached hydrogens (tertiary/aromatic N) is 5. The molecule has 2 N–H and O–H groups in total. The zero-order valence-electron chi connectivity index (χ0n) is 18.0. The number of ether oxygens (including phenoxy) is 1. The van der Waals surface area contributed by atoms with Crippen molar-refractivity contribution in [3.63, 3.8) is 0 Å². The minimum atomic E-state index is -0.606. The van der Waals surface area contributed by atoms with Gasteiger partial charge in [-0.1, -0.05) is 23.7 Å². The van der Waals surface area contributed by atoms with Gasteiger partial charge in [0, 0.05) is 30.6 Å². The van der Waals surface area contributed by atoms with Crippen LogP contribution in [0.5, 0.6) is 11.8 Å². The largest absolute Gasteiger partial charge is 0.424 e. The van der Waals surface area contributed by atoms with Gasteiger partial charge in [0.05, 0.1) is 12.2 Å². The molecule has 4 aromatic rings. The predicted molar refractivity (Wildman–Crippen MR) is 125 cm³/mol. The van der Waals surface area contributed by atoms with Gasteiger partial charge >= 0.3 is 17.4 Å². The summed E-state index contributed by atoms with van der Waals surface area (Å²) in [6, 6.07) is 15.6. The Morgan fingerprint density at radius 2 is 1.71 bits per heavy atom. The number of aliphatic hydroxyl groups is 1. The quantitative estimate of drug-likeness (QED) is 0.398.